The first-order chi connectivity index (χ1) is 15.0. The van der Waals surface area contributed by atoms with Crippen molar-refractivity contribution in [2.75, 3.05) is 33.3 Å². The summed E-state index contributed by atoms with van der Waals surface area (Å²) in [5.74, 6) is 2.67. The van der Waals surface area contributed by atoms with Gasteiger partial charge in [0.25, 0.3) is 5.91 Å². The van der Waals surface area contributed by atoms with Crippen LogP contribution in [-0.4, -0.2) is 52.5 Å². The molecule has 0 bridgehead atoms. The zero-order valence-corrected chi connectivity index (χ0v) is 18.3. The number of carbonyl (C=O) groups is 1. The van der Waals surface area contributed by atoms with Crippen molar-refractivity contribution >= 4 is 15.9 Å². The highest BCUT2D eigenvalue weighted by molar-refractivity contribution is 7.89. The third-order valence-corrected chi connectivity index (χ3v) is 6.71. The molecule has 1 saturated heterocycles. The van der Waals surface area contributed by atoms with Gasteiger partial charge in [-0.2, -0.15) is 4.72 Å². The Bertz CT molecular complexity index is 1060. The Balaban J connectivity index is 1.77. The van der Waals surface area contributed by atoms with Gasteiger partial charge in [0.05, 0.1) is 24.6 Å². The predicted molar refractivity (Wildman–Crippen MR) is 119 cm³/mol. The van der Waals surface area contributed by atoms with Gasteiger partial charge in [-0.1, -0.05) is 30.2 Å². The number of nitrogens with zero attached hydrogens (tertiary/aromatic N) is 1. The maximum absolute atomic E-state index is 12.8. The quantitative estimate of drug-likeness (QED) is 0.583. The van der Waals surface area contributed by atoms with Crippen molar-refractivity contribution in [3.05, 3.63) is 59.7 Å². The maximum atomic E-state index is 12.8. The number of hydrogen-bond donors (Lipinski definition) is 2. The Morgan fingerprint density at radius 3 is 2.65 bits per heavy atom. The summed E-state index contributed by atoms with van der Waals surface area (Å²) in [5, 5.41) is 2.96. The van der Waals surface area contributed by atoms with Gasteiger partial charge in [0.15, 0.2) is 0 Å². The van der Waals surface area contributed by atoms with E-state index in [1.54, 1.807) is 13.2 Å². The Hall–Kier alpha value is -2.86. The maximum Gasteiger partial charge on any atom is 0.251 e. The number of likely N-dealkylation sites (tertiary alicyclic amines) is 1. The summed E-state index contributed by atoms with van der Waals surface area (Å²) in [7, 11) is -2.13. The van der Waals surface area contributed by atoms with Crippen LogP contribution in [-0.2, 0) is 10.0 Å². The van der Waals surface area contributed by atoms with Crippen LogP contribution in [0.3, 0.4) is 0 Å². The van der Waals surface area contributed by atoms with Crippen LogP contribution in [0.1, 0.15) is 34.8 Å². The van der Waals surface area contributed by atoms with Crippen molar-refractivity contribution in [3.63, 3.8) is 0 Å². The third-order valence-electron chi connectivity index (χ3n) is 5.31. The highest BCUT2D eigenvalue weighted by atomic mass is 32.2. The van der Waals surface area contributed by atoms with Gasteiger partial charge in [-0.15, -0.1) is 6.42 Å². The molecule has 2 aromatic carbocycles. The van der Waals surface area contributed by atoms with E-state index in [4.69, 9.17) is 11.2 Å². The van der Waals surface area contributed by atoms with Gasteiger partial charge in [0.2, 0.25) is 10.0 Å². The molecule has 0 saturated carbocycles. The van der Waals surface area contributed by atoms with E-state index in [2.05, 4.69) is 20.9 Å². The lowest BCUT2D eigenvalue weighted by Gasteiger charge is -2.29. The van der Waals surface area contributed by atoms with Crippen LogP contribution >= 0.6 is 0 Å². The third kappa shape index (κ3) is 5.64. The number of methoxy groups -OCH3 is 1. The molecule has 0 spiro atoms. The summed E-state index contributed by atoms with van der Waals surface area (Å²) in [6, 6.07) is 13.7. The van der Waals surface area contributed by atoms with Crippen LogP contribution < -0.4 is 14.8 Å². The fraction of sp³-hybridized carbons (Fsp3) is 0.348. The lowest BCUT2D eigenvalue weighted by atomic mass is 10.0. The summed E-state index contributed by atoms with van der Waals surface area (Å²) in [4.78, 5) is 15.2. The summed E-state index contributed by atoms with van der Waals surface area (Å²) < 4.78 is 32.4. The standard InChI is InChI=1S/C23H27N3O4S/c1-3-13-25-31(28,29)19-10-8-9-18(16-19)23(27)24-17-21(26-14-6-7-15-26)20-11-4-5-12-22(20)30-2/h1,4-5,8-12,16,21,25H,6-7,13-15,17H2,2H3,(H,24,27). The van der Waals surface area contributed by atoms with Crippen LogP contribution in [0, 0.1) is 12.3 Å². The van der Waals surface area contributed by atoms with E-state index >= 15 is 0 Å². The number of hydrogen-bond acceptors (Lipinski definition) is 5. The number of amides is 1. The molecule has 1 aliphatic heterocycles. The average Bonchev–Trinajstić information content (AvgIpc) is 3.33. The monoisotopic (exact) mass is 441 g/mol. The fourth-order valence-corrected chi connectivity index (χ4v) is 4.73. The molecule has 31 heavy (non-hydrogen) atoms. The molecule has 8 heteroatoms. The van der Waals surface area contributed by atoms with E-state index in [1.807, 2.05) is 24.3 Å². The van der Waals surface area contributed by atoms with Gasteiger partial charge in [-0.3, -0.25) is 9.69 Å². The van der Waals surface area contributed by atoms with E-state index in [1.165, 1.54) is 18.2 Å². The van der Waals surface area contributed by atoms with E-state index < -0.39 is 10.0 Å². The van der Waals surface area contributed by atoms with Crippen LogP contribution in [0.2, 0.25) is 0 Å². The normalized spacial score (nSPS) is 15.2. The summed E-state index contributed by atoms with van der Waals surface area (Å²) >= 11 is 0. The first-order valence-electron chi connectivity index (χ1n) is 10.1. The molecule has 0 aliphatic carbocycles. The average molecular weight is 442 g/mol. The molecule has 2 N–H and O–H groups in total. The molecule has 2 aromatic rings. The minimum atomic E-state index is -3.77. The summed E-state index contributed by atoms with van der Waals surface area (Å²) in [5.41, 5.74) is 1.28. The molecule has 7 nitrogen and oxygen atoms in total. The van der Waals surface area contributed by atoms with Gasteiger partial charge in [-0.25, -0.2) is 8.42 Å². The van der Waals surface area contributed by atoms with Crippen molar-refractivity contribution in [2.24, 2.45) is 0 Å². The fourth-order valence-electron chi connectivity index (χ4n) is 3.75. The topological polar surface area (TPSA) is 87.7 Å². The van der Waals surface area contributed by atoms with Gasteiger partial charge in [0, 0.05) is 17.7 Å². The minimum Gasteiger partial charge on any atom is -0.496 e. The van der Waals surface area contributed by atoms with E-state index in [0.29, 0.717) is 6.54 Å². The van der Waals surface area contributed by atoms with E-state index in [0.717, 1.165) is 37.2 Å². The number of sulfonamides is 1. The molecule has 1 heterocycles. The number of rotatable bonds is 9. The molecular formula is C23H27N3O4S. The molecule has 1 atom stereocenters. The van der Waals surface area contributed by atoms with Gasteiger partial charge < -0.3 is 10.1 Å². The zero-order valence-electron chi connectivity index (χ0n) is 17.5. The number of terminal acetylenes is 1. The van der Waals surface area contributed by atoms with E-state index in [9.17, 15) is 13.2 Å². The second kappa shape index (κ2) is 10.4. The molecule has 1 amide bonds. The molecule has 0 aromatic heterocycles. The number of ether oxygens (including phenoxy) is 1. The summed E-state index contributed by atoms with van der Waals surface area (Å²) in [6.07, 6.45) is 7.36. The number of carbonyl (C=O) groups excluding carboxylic acids is 1. The van der Waals surface area contributed by atoms with Gasteiger partial charge in [0.1, 0.15) is 5.75 Å². The van der Waals surface area contributed by atoms with Crippen molar-refractivity contribution in [3.8, 4) is 18.1 Å². The highest BCUT2D eigenvalue weighted by Crippen LogP contribution is 2.31. The number of benzene rings is 2. The Labute approximate surface area is 183 Å². The molecule has 1 fully saturated rings. The zero-order chi connectivity index (χ0) is 22.3. The smallest absolute Gasteiger partial charge is 0.251 e. The second-order valence-corrected chi connectivity index (χ2v) is 9.03. The Kier molecular flexibility index (Phi) is 7.69. The van der Waals surface area contributed by atoms with Crippen LogP contribution in [0.25, 0.3) is 0 Å². The predicted octanol–water partition coefficient (Wildman–Crippen LogP) is 2.17. The Morgan fingerprint density at radius 1 is 1.19 bits per heavy atom. The minimum absolute atomic E-state index is 0.00350. The van der Waals surface area contributed by atoms with Crippen molar-refractivity contribution in [1.29, 1.82) is 0 Å². The highest BCUT2D eigenvalue weighted by Gasteiger charge is 2.26. The van der Waals surface area contributed by atoms with Crippen molar-refractivity contribution < 1.29 is 17.9 Å². The number of nitrogens with one attached hydrogen (secondary N) is 2. The Morgan fingerprint density at radius 2 is 1.94 bits per heavy atom. The molecule has 1 aliphatic rings. The first kappa shape index (κ1) is 22.8. The van der Waals surface area contributed by atoms with Crippen molar-refractivity contribution in [2.45, 2.75) is 23.8 Å². The molecule has 3 rings (SSSR count). The first-order valence-corrected chi connectivity index (χ1v) is 11.6. The SMILES string of the molecule is C#CCNS(=O)(=O)c1cccc(C(=O)NCC(c2ccccc2OC)N2CCCC2)c1. The van der Waals surface area contributed by atoms with Gasteiger partial charge in [-0.05, 0) is 50.2 Å². The van der Waals surface area contributed by atoms with Crippen LogP contribution in [0.5, 0.6) is 5.75 Å². The molecule has 0 radical (unpaired) electrons. The van der Waals surface area contributed by atoms with Gasteiger partial charge >= 0.3 is 0 Å². The molecule has 1 unspecified atom stereocenters. The lowest BCUT2D eigenvalue weighted by molar-refractivity contribution is 0.0937. The van der Waals surface area contributed by atoms with Crippen LogP contribution in [0.4, 0.5) is 0 Å². The summed E-state index contributed by atoms with van der Waals surface area (Å²) in [6.45, 7) is 2.17. The van der Waals surface area contributed by atoms with E-state index in [-0.39, 0.29) is 29.0 Å². The second-order valence-electron chi connectivity index (χ2n) is 7.27. The number of para-hydroxylation sites is 1. The molecular weight excluding hydrogens is 414 g/mol. The molecule has 164 valence electrons. The van der Waals surface area contributed by atoms with Crippen LogP contribution in [0.15, 0.2) is 53.4 Å². The lowest BCUT2D eigenvalue weighted by Crippen LogP contribution is -2.37. The largest absolute Gasteiger partial charge is 0.496 e. The van der Waals surface area contributed by atoms with Crippen molar-refractivity contribution in [1.82, 2.24) is 14.9 Å².